The van der Waals surface area contributed by atoms with Crippen LogP contribution in [-0.2, 0) is 11.2 Å². The molecule has 2 heterocycles. The number of urea groups is 1. The van der Waals surface area contributed by atoms with E-state index in [9.17, 15) is 19.1 Å². The molecule has 3 aromatic rings. The summed E-state index contributed by atoms with van der Waals surface area (Å²) < 4.78 is 40.7. The molecule has 9 nitrogen and oxygen atoms in total. The van der Waals surface area contributed by atoms with Crippen LogP contribution in [0.5, 0.6) is 5.75 Å². The smallest absolute Gasteiger partial charge is 0.435 e. The number of fused-ring (bicyclic) bond motifs is 1. The van der Waals surface area contributed by atoms with Crippen LogP contribution in [0.1, 0.15) is 43.6 Å². The highest BCUT2D eigenvalue weighted by Crippen LogP contribution is 2.36. The van der Waals surface area contributed by atoms with Crippen molar-refractivity contribution in [3.63, 3.8) is 0 Å². The predicted molar refractivity (Wildman–Crippen MR) is 136 cm³/mol. The fraction of sp³-hybridized carbons (Fsp3) is 0.370. The van der Waals surface area contributed by atoms with E-state index in [0.717, 1.165) is 10.2 Å². The molecule has 11 heteroatoms. The third kappa shape index (κ3) is 5.62. The number of rotatable bonds is 5. The summed E-state index contributed by atoms with van der Waals surface area (Å²) in [5, 5.41) is 16.7. The van der Waals surface area contributed by atoms with Gasteiger partial charge in [0.25, 0.3) is 0 Å². The second-order valence-corrected chi connectivity index (χ2v) is 10.0. The number of aliphatic hydroxyl groups excluding tert-OH is 1. The van der Waals surface area contributed by atoms with E-state index in [4.69, 9.17) is 9.47 Å². The molecular formula is C27H30F2N4O5. The lowest BCUT2D eigenvalue weighted by molar-refractivity contribution is 0.0514. The summed E-state index contributed by atoms with van der Waals surface area (Å²) >= 11 is 0. The first-order valence-corrected chi connectivity index (χ1v) is 12.1. The minimum absolute atomic E-state index is 0.249. The van der Waals surface area contributed by atoms with Gasteiger partial charge in [0, 0.05) is 29.9 Å². The van der Waals surface area contributed by atoms with Gasteiger partial charge in [0.05, 0.1) is 31.1 Å². The third-order valence-corrected chi connectivity index (χ3v) is 6.09. The largest absolute Gasteiger partial charge is 0.497 e. The van der Waals surface area contributed by atoms with Gasteiger partial charge in [0.15, 0.2) is 0 Å². The average Bonchev–Trinajstić information content (AvgIpc) is 3.43. The number of amides is 2. The van der Waals surface area contributed by atoms with Gasteiger partial charge < -0.3 is 19.9 Å². The van der Waals surface area contributed by atoms with Gasteiger partial charge in [-0.25, -0.2) is 18.4 Å². The van der Waals surface area contributed by atoms with Gasteiger partial charge in [-0.3, -0.25) is 4.90 Å². The molecule has 1 aromatic heterocycles. The number of hydrogen-bond acceptors (Lipinski definition) is 6. The summed E-state index contributed by atoms with van der Waals surface area (Å²) in [4.78, 5) is 26.9. The summed E-state index contributed by atoms with van der Waals surface area (Å²) in [6, 6.07) is 5.36. The molecule has 0 spiro atoms. The number of anilines is 1. The lowest BCUT2D eigenvalue weighted by atomic mass is 10.0. The molecule has 1 aliphatic heterocycles. The maximum Gasteiger partial charge on any atom is 0.435 e. The van der Waals surface area contributed by atoms with Crippen LogP contribution in [0.2, 0.25) is 0 Å². The zero-order chi connectivity index (χ0) is 27.8. The van der Waals surface area contributed by atoms with Crippen molar-refractivity contribution in [3.05, 3.63) is 65.0 Å². The van der Waals surface area contributed by atoms with Crippen LogP contribution in [0.3, 0.4) is 0 Å². The summed E-state index contributed by atoms with van der Waals surface area (Å²) in [6.45, 7) is 6.68. The molecule has 0 unspecified atom stereocenters. The van der Waals surface area contributed by atoms with Crippen molar-refractivity contribution in [3.8, 4) is 16.9 Å². The van der Waals surface area contributed by atoms with Crippen molar-refractivity contribution in [2.24, 2.45) is 0 Å². The van der Waals surface area contributed by atoms with Gasteiger partial charge in [-0.2, -0.15) is 9.78 Å². The van der Waals surface area contributed by atoms with E-state index in [-0.39, 0.29) is 17.9 Å². The van der Waals surface area contributed by atoms with Crippen LogP contribution in [-0.4, -0.2) is 52.9 Å². The summed E-state index contributed by atoms with van der Waals surface area (Å²) in [6.07, 6.45) is 1.21. The highest BCUT2D eigenvalue weighted by Gasteiger charge is 2.29. The van der Waals surface area contributed by atoms with Crippen molar-refractivity contribution in [1.82, 2.24) is 15.1 Å². The summed E-state index contributed by atoms with van der Waals surface area (Å²) in [7, 11) is 1.39. The summed E-state index contributed by atoms with van der Waals surface area (Å²) in [5.41, 5.74) is 1.85. The number of halogens is 2. The first kappa shape index (κ1) is 27.1. The molecule has 2 amide bonds. The Bertz CT molecular complexity index is 1380. The van der Waals surface area contributed by atoms with E-state index in [2.05, 4.69) is 10.4 Å². The molecule has 0 radical (unpaired) electrons. The lowest BCUT2D eigenvalue weighted by Crippen LogP contribution is -2.42. The first-order valence-electron chi connectivity index (χ1n) is 12.1. The van der Waals surface area contributed by atoms with Gasteiger partial charge in [0.2, 0.25) is 0 Å². The average molecular weight is 529 g/mol. The number of benzene rings is 2. The predicted octanol–water partition coefficient (Wildman–Crippen LogP) is 4.73. The molecule has 4 rings (SSSR count). The molecule has 1 aliphatic rings. The van der Waals surface area contributed by atoms with Crippen LogP contribution in [0.4, 0.5) is 24.1 Å². The van der Waals surface area contributed by atoms with Gasteiger partial charge in [-0.05, 0) is 69.5 Å². The van der Waals surface area contributed by atoms with Crippen molar-refractivity contribution in [2.75, 3.05) is 25.2 Å². The third-order valence-electron chi connectivity index (χ3n) is 6.09. The molecule has 1 atom stereocenters. The van der Waals surface area contributed by atoms with Crippen LogP contribution < -0.4 is 15.0 Å². The number of aliphatic hydroxyl groups is 1. The van der Waals surface area contributed by atoms with Crippen molar-refractivity contribution < 1.29 is 33.0 Å². The first-order chi connectivity index (χ1) is 17.9. The molecule has 0 fully saturated rings. The van der Waals surface area contributed by atoms with E-state index in [1.165, 1.54) is 42.5 Å². The number of carbonyl (C=O) groups excluding carboxylic acids is 2. The van der Waals surface area contributed by atoms with E-state index >= 15 is 4.39 Å². The van der Waals surface area contributed by atoms with E-state index in [1.807, 2.05) is 0 Å². The number of aryl methyl sites for hydroxylation is 1. The molecule has 38 heavy (non-hydrogen) atoms. The number of hydrogen-bond donors (Lipinski definition) is 2. The Morgan fingerprint density at radius 3 is 2.55 bits per heavy atom. The Hall–Kier alpha value is -3.99. The lowest BCUT2D eigenvalue weighted by Gasteiger charge is -2.23. The van der Waals surface area contributed by atoms with E-state index in [0.29, 0.717) is 28.9 Å². The molecule has 2 N–H and O–H groups in total. The second kappa shape index (κ2) is 10.4. The number of methoxy groups -OCH3 is 1. The number of carbonyl (C=O) groups is 2. The number of nitrogens with one attached hydrogen (secondary N) is 1. The van der Waals surface area contributed by atoms with E-state index in [1.54, 1.807) is 33.8 Å². The second-order valence-electron chi connectivity index (χ2n) is 10.0. The van der Waals surface area contributed by atoms with Gasteiger partial charge in [0.1, 0.15) is 23.0 Å². The minimum Gasteiger partial charge on any atom is -0.497 e. The van der Waals surface area contributed by atoms with Crippen molar-refractivity contribution in [2.45, 2.75) is 45.8 Å². The Kier molecular flexibility index (Phi) is 7.41. The normalized spacial score (nSPS) is 13.7. The Morgan fingerprint density at radius 1 is 1.16 bits per heavy atom. The van der Waals surface area contributed by atoms with Crippen LogP contribution in [0.25, 0.3) is 11.1 Å². The molecular weight excluding hydrogens is 498 g/mol. The Balaban J connectivity index is 1.57. The van der Waals surface area contributed by atoms with Crippen LogP contribution >= 0.6 is 0 Å². The monoisotopic (exact) mass is 528 g/mol. The van der Waals surface area contributed by atoms with Crippen LogP contribution in [0, 0.1) is 18.6 Å². The van der Waals surface area contributed by atoms with Crippen molar-refractivity contribution >= 4 is 17.8 Å². The highest BCUT2D eigenvalue weighted by atomic mass is 19.1. The topological polar surface area (TPSA) is 106 Å². The molecule has 0 bridgehead atoms. The quantitative estimate of drug-likeness (QED) is 0.496. The highest BCUT2D eigenvalue weighted by molar-refractivity contribution is 5.95. The molecule has 2 aromatic carbocycles. The number of nitrogens with zero attached hydrogens (tertiary/aromatic N) is 3. The van der Waals surface area contributed by atoms with Gasteiger partial charge in [-0.15, -0.1) is 0 Å². The number of ether oxygens (including phenoxy) is 2. The minimum atomic E-state index is -0.901. The Labute approximate surface area is 219 Å². The zero-order valence-electron chi connectivity index (χ0n) is 21.8. The SMILES string of the molecule is COc1cc(F)cc([C@@H](CO)NC(=O)N2CCc3cc(-c4cn(C(=O)OC(C)(C)C)nc4C)c(F)cc32)c1. The molecule has 0 saturated carbocycles. The van der Waals surface area contributed by atoms with Crippen molar-refractivity contribution in [1.29, 1.82) is 0 Å². The Morgan fingerprint density at radius 2 is 1.89 bits per heavy atom. The van der Waals surface area contributed by atoms with E-state index < -0.39 is 42.0 Å². The molecule has 0 aliphatic carbocycles. The maximum absolute atomic E-state index is 15.3. The van der Waals surface area contributed by atoms with Crippen LogP contribution in [0.15, 0.2) is 36.5 Å². The zero-order valence-corrected chi connectivity index (χ0v) is 21.8. The standard InChI is InChI=1S/C27H30F2N4O5/c1-15-21(13-33(31-15)26(36)38-27(2,3)4)20-10-16-6-7-32(24(16)12-22(20)29)25(35)30-23(14-34)17-8-18(28)11-19(9-17)37-5/h8-13,23,34H,6-7,14H2,1-5H3,(H,30,35)/t23-/m1/s1. The molecule has 202 valence electrons. The fourth-order valence-corrected chi connectivity index (χ4v) is 4.32. The number of aromatic nitrogens is 2. The van der Waals surface area contributed by atoms with Gasteiger partial charge in [-0.1, -0.05) is 0 Å². The maximum atomic E-state index is 15.3. The fourth-order valence-electron chi connectivity index (χ4n) is 4.32. The summed E-state index contributed by atoms with van der Waals surface area (Å²) in [5.74, 6) is -0.915. The molecule has 0 saturated heterocycles. The van der Waals surface area contributed by atoms with Gasteiger partial charge >= 0.3 is 12.1 Å².